The molecule has 0 saturated heterocycles. The van der Waals surface area contributed by atoms with Gasteiger partial charge in [-0.2, -0.15) is 15.4 Å². The van der Waals surface area contributed by atoms with Gasteiger partial charge in [-0.3, -0.25) is 24.1 Å². The molecule has 2 aliphatic rings. The van der Waals surface area contributed by atoms with Crippen molar-refractivity contribution in [2.24, 2.45) is 5.92 Å². The van der Waals surface area contributed by atoms with Gasteiger partial charge in [-0.1, -0.05) is 18.9 Å². The third-order valence-electron chi connectivity index (χ3n) is 6.50. The number of pyridine rings is 1. The number of nitrogens with one attached hydrogen (secondary N) is 3. The average molecular weight is 484 g/mol. The Balaban J connectivity index is 1.52. The first-order valence-electron chi connectivity index (χ1n) is 11.8. The first-order valence-corrected chi connectivity index (χ1v) is 11.8. The second-order valence-electron chi connectivity index (χ2n) is 9.00. The Hall–Kier alpha value is -3.83. The second-order valence-corrected chi connectivity index (χ2v) is 9.00. The van der Waals surface area contributed by atoms with Gasteiger partial charge in [0, 0.05) is 25.5 Å². The molecule has 3 heterocycles. The van der Waals surface area contributed by atoms with Crippen LogP contribution >= 0.6 is 0 Å². The van der Waals surface area contributed by atoms with E-state index in [0.717, 1.165) is 31.2 Å². The van der Waals surface area contributed by atoms with Gasteiger partial charge in [0.2, 0.25) is 11.8 Å². The molecule has 4 rings (SSSR count). The van der Waals surface area contributed by atoms with E-state index < -0.39 is 29.9 Å². The van der Waals surface area contributed by atoms with Gasteiger partial charge < -0.3 is 15.7 Å². The molecule has 4 N–H and O–H groups in total. The molecule has 1 fully saturated rings. The zero-order chi connectivity index (χ0) is 24.8. The zero-order valence-corrected chi connectivity index (χ0v) is 19.3. The van der Waals surface area contributed by atoms with E-state index in [-0.39, 0.29) is 37.6 Å². The van der Waals surface area contributed by atoms with E-state index in [1.807, 2.05) is 0 Å². The molecule has 35 heavy (non-hydrogen) atoms. The van der Waals surface area contributed by atoms with E-state index >= 15 is 0 Å². The Morgan fingerprint density at radius 1 is 1.23 bits per heavy atom. The molecule has 2 aromatic heterocycles. The summed E-state index contributed by atoms with van der Waals surface area (Å²) in [5.74, 6) is -1.71. The highest BCUT2D eigenvalue weighted by Crippen LogP contribution is 2.31. The van der Waals surface area contributed by atoms with Crippen molar-refractivity contribution in [3.05, 3.63) is 35.8 Å². The zero-order valence-electron chi connectivity index (χ0n) is 19.3. The lowest BCUT2D eigenvalue weighted by molar-refractivity contribution is -0.138. The van der Waals surface area contributed by atoms with E-state index in [2.05, 4.69) is 31.0 Å². The molecular weight excluding hydrogens is 454 g/mol. The first-order chi connectivity index (χ1) is 16.9. The number of anilines is 1. The van der Waals surface area contributed by atoms with Crippen LogP contribution in [0.3, 0.4) is 0 Å². The number of carbonyl (C=O) groups is 4. The second kappa shape index (κ2) is 11.1. The number of carboxylic acid groups (broad SMARTS) is 1. The average Bonchev–Trinajstić information content (AvgIpc) is 3.60. The van der Waals surface area contributed by atoms with Crippen LogP contribution in [0.5, 0.6) is 0 Å². The Morgan fingerprint density at radius 2 is 2.03 bits per heavy atom. The Bertz CT molecular complexity index is 1070. The Labute approximate surface area is 201 Å². The van der Waals surface area contributed by atoms with E-state index in [4.69, 9.17) is 0 Å². The number of fused-ring (bicyclic) bond motifs is 1. The summed E-state index contributed by atoms with van der Waals surface area (Å²) in [4.78, 5) is 56.4. The van der Waals surface area contributed by atoms with Gasteiger partial charge in [0.1, 0.15) is 23.6 Å². The van der Waals surface area contributed by atoms with Gasteiger partial charge >= 0.3 is 5.97 Å². The number of aromatic amines is 1. The van der Waals surface area contributed by atoms with Crippen molar-refractivity contribution in [1.29, 1.82) is 0 Å². The molecule has 3 amide bonds. The highest BCUT2D eigenvalue weighted by molar-refractivity contribution is 6.06. The largest absolute Gasteiger partial charge is 0.481 e. The number of carboxylic acids is 1. The summed E-state index contributed by atoms with van der Waals surface area (Å²) in [6, 6.07) is 1.54. The van der Waals surface area contributed by atoms with Crippen LogP contribution in [-0.2, 0) is 32.1 Å². The van der Waals surface area contributed by atoms with Crippen molar-refractivity contribution in [2.75, 3.05) is 4.90 Å². The minimum Gasteiger partial charge on any atom is -0.481 e. The van der Waals surface area contributed by atoms with Gasteiger partial charge in [-0.15, -0.1) is 0 Å². The lowest BCUT2D eigenvalue weighted by Gasteiger charge is -2.28. The summed E-state index contributed by atoms with van der Waals surface area (Å²) >= 11 is 0. The SMILES string of the molecule is O=C(O)CCC(NC(=O)CC1CCCC1)C(=O)N1c2ncccc2C[C@H]1C(=O)NCc1cn[nH]n1. The maximum atomic E-state index is 13.7. The molecule has 0 radical (unpaired) electrons. The van der Waals surface area contributed by atoms with Crippen molar-refractivity contribution in [2.45, 2.75) is 70.0 Å². The lowest BCUT2D eigenvalue weighted by atomic mass is 10.0. The Kier molecular flexibility index (Phi) is 7.68. The van der Waals surface area contributed by atoms with E-state index in [9.17, 15) is 24.3 Å². The molecule has 0 spiro atoms. The highest BCUT2D eigenvalue weighted by atomic mass is 16.4. The summed E-state index contributed by atoms with van der Waals surface area (Å²) in [6.45, 7) is 0.123. The fourth-order valence-corrected chi connectivity index (χ4v) is 4.75. The number of H-pyrrole nitrogens is 1. The molecule has 1 unspecified atom stereocenters. The number of aromatic nitrogens is 4. The topological polar surface area (TPSA) is 170 Å². The summed E-state index contributed by atoms with van der Waals surface area (Å²) < 4.78 is 0. The fourth-order valence-electron chi connectivity index (χ4n) is 4.75. The molecule has 2 atom stereocenters. The molecule has 12 heteroatoms. The van der Waals surface area contributed by atoms with Crippen LogP contribution in [0.4, 0.5) is 5.82 Å². The number of hydrogen-bond acceptors (Lipinski definition) is 7. The molecule has 1 aliphatic heterocycles. The Morgan fingerprint density at radius 3 is 2.74 bits per heavy atom. The van der Waals surface area contributed by atoms with E-state index in [0.29, 0.717) is 17.9 Å². The maximum Gasteiger partial charge on any atom is 0.303 e. The number of carbonyl (C=O) groups excluding carboxylic acids is 3. The van der Waals surface area contributed by atoms with Gasteiger partial charge in [-0.25, -0.2) is 4.98 Å². The molecule has 2 aromatic rings. The van der Waals surface area contributed by atoms with Crippen molar-refractivity contribution in [3.8, 4) is 0 Å². The number of aliphatic carboxylic acids is 1. The third kappa shape index (κ3) is 6.00. The predicted octanol–water partition coefficient (Wildman–Crippen LogP) is 0.704. The maximum absolute atomic E-state index is 13.7. The summed E-state index contributed by atoms with van der Waals surface area (Å²) in [5.41, 5.74) is 1.25. The van der Waals surface area contributed by atoms with Crippen LogP contribution in [-0.4, -0.2) is 61.3 Å². The van der Waals surface area contributed by atoms with Crippen LogP contribution in [0, 0.1) is 5.92 Å². The number of amides is 3. The predicted molar refractivity (Wildman–Crippen MR) is 123 cm³/mol. The lowest BCUT2D eigenvalue weighted by Crippen LogP contribution is -2.55. The van der Waals surface area contributed by atoms with Crippen molar-refractivity contribution in [1.82, 2.24) is 31.0 Å². The minimum atomic E-state index is -1.08. The van der Waals surface area contributed by atoms with Crippen molar-refractivity contribution >= 4 is 29.5 Å². The van der Waals surface area contributed by atoms with Crippen LogP contribution in [0.2, 0.25) is 0 Å². The van der Waals surface area contributed by atoms with Crippen LogP contribution < -0.4 is 15.5 Å². The van der Waals surface area contributed by atoms with Crippen molar-refractivity contribution < 1.29 is 24.3 Å². The summed E-state index contributed by atoms with van der Waals surface area (Å²) in [7, 11) is 0. The molecule has 186 valence electrons. The fraction of sp³-hybridized carbons (Fsp3) is 0.522. The normalized spacial score (nSPS) is 18.2. The third-order valence-corrected chi connectivity index (χ3v) is 6.50. The van der Waals surface area contributed by atoms with Gasteiger partial charge in [0.25, 0.3) is 5.91 Å². The standard InChI is InChI=1S/C23H29N7O5/c31-19(10-14-4-1-2-5-14)27-17(7-8-20(32)33)23(35)30-18(11-15-6-3-9-24-21(15)30)22(34)25-12-16-13-26-29-28-16/h3,6,9,13-14,17-18H,1-2,4-5,7-8,10-12H2,(H,25,34)(H,27,31)(H,32,33)(H,26,28,29)/t17?,18-/m0/s1. The van der Waals surface area contributed by atoms with Crippen molar-refractivity contribution in [3.63, 3.8) is 0 Å². The van der Waals surface area contributed by atoms with E-state index in [1.165, 1.54) is 17.3 Å². The molecule has 0 aromatic carbocycles. The quantitative estimate of drug-likeness (QED) is 0.383. The summed E-state index contributed by atoms with van der Waals surface area (Å²) in [5, 5.41) is 24.8. The monoisotopic (exact) mass is 483 g/mol. The number of nitrogens with zero attached hydrogens (tertiary/aromatic N) is 4. The van der Waals surface area contributed by atoms with Gasteiger partial charge in [0.15, 0.2) is 0 Å². The minimum absolute atomic E-state index is 0.0868. The highest BCUT2D eigenvalue weighted by Gasteiger charge is 2.42. The molecular formula is C23H29N7O5. The van der Waals surface area contributed by atoms with Crippen LogP contribution in [0.1, 0.15) is 56.2 Å². The molecule has 12 nitrogen and oxygen atoms in total. The molecule has 1 saturated carbocycles. The number of hydrogen-bond donors (Lipinski definition) is 4. The smallest absolute Gasteiger partial charge is 0.303 e. The molecule has 1 aliphatic carbocycles. The van der Waals surface area contributed by atoms with Gasteiger partial charge in [0.05, 0.1) is 12.7 Å². The van der Waals surface area contributed by atoms with Crippen LogP contribution in [0.25, 0.3) is 0 Å². The molecule has 0 bridgehead atoms. The van der Waals surface area contributed by atoms with Crippen LogP contribution in [0.15, 0.2) is 24.5 Å². The first kappa shape index (κ1) is 24.3. The van der Waals surface area contributed by atoms with Gasteiger partial charge in [-0.05, 0) is 36.8 Å². The summed E-state index contributed by atoms with van der Waals surface area (Å²) in [6.07, 6.45) is 7.28. The number of rotatable bonds is 10. The van der Waals surface area contributed by atoms with E-state index in [1.54, 1.807) is 12.1 Å².